The summed E-state index contributed by atoms with van der Waals surface area (Å²) >= 11 is 0. The summed E-state index contributed by atoms with van der Waals surface area (Å²) in [5.74, 6) is 0.596. The lowest BCUT2D eigenvalue weighted by Crippen LogP contribution is -2.17. The number of hydrogen-bond acceptors (Lipinski definition) is 2. The van der Waals surface area contributed by atoms with E-state index in [2.05, 4.69) is 21.4 Å². The first-order valence-corrected chi connectivity index (χ1v) is 5.97. The standard InChI is InChI=1S/C15H12N3O/c1-16-15(19)11-6-4-5-10(9-11)14-17-12-7-2-3-8-13(12)18-14/h2-5,7-9H,1H3,(H,16,19)(H,17,18). The fourth-order valence-corrected chi connectivity index (χ4v) is 1.97. The Morgan fingerprint density at radius 1 is 1.32 bits per heavy atom. The molecule has 1 amide bonds. The Balaban J connectivity index is 2.08. The molecule has 0 aliphatic carbocycles. The Labute approximate surface area is 110 Å². The Hall–Kier alpha value is -2.62. The van der Waals surface area contributed by atoms with Crippen molar-refractivity contribution in [1.82, 2.24) is 15.3 Å². The molecule has 0 spiro atoms. The number of H-pyrrole nitrogens is 1. The lowest BCUT2D eigenvalue weighted by atomic mass is 10.1. The van der Waals surface area contributed by atoms with E-state index in [4.69, 9.17) is 0 Å². The van der Waals surface area contributed by atoms with Crippen molar-refractivity contribution in [3.05, 3.63) is 54.1 Å². The molecule has 0 saturated heterocycles. The van der Waals surface area contributed by atoms with E-state index >= 15 is 0 Å². The van der Waals surface area contributed by atoms with Crippen LogP contribution in [0, 0.1) is 6.07 Å². The van der Waals surface area contributed by atoms with E-state index in [1.807, 2.05) is 30.3 Å². The van der Waals surface area contributed by atoms with Gasteiger partial charge in [-0.2, -0.15) is 0 Å². The monoisotopic (exact) mass is 250 g/mol. The van der Waals surface area contributed by atoms with E-state index in [1.165, 1.54) is 0 Å². The van der Waals surface area contributed by atoms with Crippen molar-refractivity contribution in [2.24, 2.45) is 0 Å². The average Bonchev–Trinajstić information content (AvgIpc) is 2.90. The van der Waals surface area contributed by atoms with E-state index in [0.29, 0.717) is 5.56 Å². The molecule has 0 saturated carbocycles. The first-order chi connectivity index (χ1) is 9.28. The number of amides is 1. The van der Waals surface area contributed by atoms with Gasteiger partial charge in [-0.3, -0.25) is 4.79 Å². The molecule has 1 radical (unpaired) electrons. The maximum absolute atomic E-state index is 11.6. The van der Waals surface area contributed by atoms with Crippen molar-refractivity contribution in [2.45, 2.75) is 0 Å². The minimum atomic E-state index is -0.155. The number of imidazole rings is 1. The summed E-state index contributed by atoms with van der Waals surface area (Å²) in [6.07, 6.45) is 0. The largest absolute Gasteiger partial charge is 0.355 e. The van der Waals surface area contributed by atoms with Gasteiger partial charge in [0.25, 0.3) is 5.91 Å². The van der Waals surface area contributed by atoms with Gasteiger partial charge in [0.1, 0.15) is 5.82 Å². The summed E-state index contributed by atoms with van der Waals surface area (Å²) in [6.45, 7) is 0. The maximum atomic E-state index is 11.6. The zero-order valence-corrected chi connectivity index (χ0v) is 10.4. The molecule has 19 heavy (non-hydrogen) atoms. The average molecular weight is 250 g/mol. The van der Waals surface area contributed by atoms with Crippen molar-refractivity contribution in [3.63, 3.8) is 0 Å². The van der Waals surface area contributed by atoms with E-state index in [-0.39, 0.29) is 5.91 Å². The molecule has 2 N–H and O–H groups in total. The summed E-state index contributed by atoms with van der Waals surface area (Å²) in [5.41, 5.74) is 3.26. The molecule has 3 rings (SSSR count). The van der Waals surface area contributed by atoms with Crippen LogP contribution in [0.4, 0.5) is 0 Å². The zero-order chi connectivity index (χ0) is 13.2. The highest BCUT2D eigenvalue weighted by Crippen LogP contribution is 2.20. The summed E-state index contributed by atoms with van der Waals surface area (Å²) < 4.78 is 0. The van der Waals surface area contributed by atoms with Crippen LogP contribution >= 0.6 is 0 Å². The Bertz CT molecular complexity index is 713. The second kappa shape index (κ2) is 4.57. The Morgan fingerprint density at radius 2 is 2.16 bits per heavy atom. The summed E-state index contributed by atoms with van der Waals surface area (Å²) in [6, 6.07) is 16.1. The molecular formula is C15H12N3O. The minimum absolute atomic E-state index is 0.155. The smallest absolute Gasteiger partial charge is 0.251 e. The Kier molecular flexibility index (Phi) is 2.76. The van der Waals surface area contributed by atoms with Gasteiger partial charge in [0, 0.05) is 18.2 Å². The van der Waals surface area contributed by atoms with Crippen LogP contribution < -0.4 is 5.32 Å². The minimum Gasteiger partial charge on any atom is -0.355 e. The van der Waals surface area contributed by atoms with Gasteiger partial charge in [-0.1, -0.05) is 24.3 Å². The fraction of sp³-hybridized carbons (Fsp3) is 0.0667. The van der Waals surface area contributed by atoms with Crippen LogP contribution in [0.15, 0.2) is 42.5 Å². The van der Waals surface area contributed by atoms with Crippen LogP contribution in [0.25, 0.3) is 22.4 Å². The van der Waals surface area contributed by atoms with Gasteiger partial charge in [0.05, 0.1) is 11.0 Å². The van der Waals surface area contributed by atoms with E-state index in [0.717, 1.165) is 22.4 Å². The molecule has 0 atom stereocenters. The third-order valence-corrected chi connectivity index (χ3v) is 2.94. The third kappa shape index (κ3) is 2.08. The van der Waals surface area contributed by atoms with Crippen molar-refractivity contribution in [2.75, 3.05) is 7.05 Å². The number of fused-ring (bicyclic) bond motifs is 1. The predicted octanol–water partition coefficient (Wildman–Crippen LogP) is 2.39. The molecule has 4 heteroatoms. The molecule has 1 aromatic heterocycles. The summed E-state index contributed by atoms with van der Waals surface area (Å²) in [7, 11) is 1.60. The third-order valence-electron chi connectivity index (χ3n) is 2.94. The fourth-order valence-electron chi connectivity index (χ4n) is 1.97. The number of benzene rings is 2. The summed E-state index contributed by atoms with van der Waals surface area (Å²) in [4.78, 5) is 19.3. The molecule has 3 aromatic rings. The maximum Gasteiger partial charge on any atom is 0.251 e. The predicted molar refractivity (Wildman–Crippen MR) is 73.8 cm³/mol. The van der Waals surface area contributed by atoms with E-state index in [9.17, 15) is 4.79 Å². The number of nitrogens with one attached hydrogen (secondary N) is 2. The molecule has 93 valence electrons. The molecule has 0 aliphatic heterocycles. The van der Waals surface area contributed by atoms with Crippen molar-refractivity contribution >= 4 is 16.9 Å². The van der Waals surface area contributed by atoms with Crippen LogP contribution in [0.1, 0.15) is 10.4 Å². The molecule has 0 aliphatic rings. The molecule has 4 nitrogen and oxygen atoms in total. The van der Waals surface area contributed by atoms with Gasteiger partial charge in [-0.05, 0) is 24.3 Å². The molecule has 0 bridgehead atoms. The first-order valence-electron chi connectivity index (χ1n) is 5.97. The highest BCUT2D eigenvalue weighted by atomic mass is 16.1. The molecule has 0 unspecified atom stereocenters. The van der Waals surface area contributed by atoms with Crippen molar-refractivity contribution in [1.29, 1.82) is 0 Å². The van der Waals surface area contributed by atoms with Crippen molar-refractivity contribution in [3.8, 4) is 11.4 Å². The number of hydrogen-bond donors (Lipinski definition) is 2. The molecule has 0 fully saturated rings. The lowest BCUT2D eigenvalue weighted by molar-refractivity contribution is 0.0963. The van der Waals surface area contributed by atoms with E-state index < -0.39 is 0 Å². The van der Waals surface area contributed by atoms with Crippen LogP contribution in [0.2, 0.25) is 0 Å². The number of aromatic nitrogens is 2. The number of carbonyl (C=O) groups is 1. The molecule has 2 aromatic carbocycles. The Morgan fingerprint density at radius 3 is 2.95 bits per heavy atom. The highest BCUT2D eigenvalue weighted by Gasteiger charge is 2.08. The van der Waals surface area contributed by atoms with Gasteiger partial charge < -0.3 is 10.3 Å². The number of nitrogens with zero attached hydrogens (tertiary/aromatic N) is 1. The first kappa shape index (κ1) is 11.5. The summed E-state index contributed by atoms with van der Waals surface area (Å²) in [5, 5.41) is 2.59. The normalized spacial score (nSPS) is 10.6. The molecular weight excluding hydrogens is 238 g/mol. The van der Waals surface area contributed by atoms with Crippen LogP contribution in [-0.4, -0.2) is 22.9 Å². The van der Waals surface area contributed by atoms with E-state index in [1.54, 1.807) is 19.2 Å². The highest BCUT2D eigenvalue weighted by molar-refractivity contribution is 5.95. The second-order valence-electron chi connectivity index (χ2n) is 4.17. The van der Waals surface area contributed by atoms with Crippen molar-refractivity contribution < 1.29 is 4.79 Å². The van der Waals surface area contributed by atoms with Gasteiger partial charge in [0.2, 0.25) is 0 Å². The topological polar surface area (TPSA) is 57.8 Å². The number of rotatable bonds is 2. The lowest BCUT2D eigenvalue weighted by Gasteiger charge is -2.01. The SMILES string of the molecule is CNC(=O)c1[c]ccc(-c2nc3ccccc3[nH]2)c1. The number of aromatic amines is 1. The molecule has 1 heterocycles. The van der Waals surface area contributed by atoms with Crippen LogP contribution in [0.5, 0.6) is 0 Å². The van der Waals surface area contributed by atoms with Gasteiger partial charge in [0.15, 0.2) is 0 Å². The number of para-hydroxylation sites is 2. The van der Waals surface area contributed by atoms with Crippen LogP contribution in [0.3, 0.4) is 0 Å². The zero-order valence-electron chi connectivity index (χ0n) is 10.4. The van der Waals surface area contributed by atoms with Gasteiger partial charge in [-0.25, -0.2) is 4.98 Å². The quantitative estimate of drug-likeness (QED) is 0.733. The van der Waals surface area contributed by atoms with Crippen LogP contribution in [-0.2, 0) is 0 Å². The van der Waals surface area contributed by atoms with Gasteiger partial charge >= 0.3 is 0 Å². The van der Waals surface area contributed by atoms with Gasteiger partial charge in [-0.15, -0.1) is 0 Å². The number of carbonyl (C=O) groups excluding carboxylic acids is 1. The second-order valence-corrected chi connectivity index (χ2v) is 4.17.